The summed E-state index contributed by atoms with van der Waals surface area (Å²) < 4.78 is 5.18. The van der Waals surface area contributed by atoms with Crippen molar-refractivity contribution in [3.05, 3.63) is 0 Å². The Labute approximate surface area is 108 Å². The number of piperidine rings is 1. The van der Waals surface area contributed by atoms with Gasteiger partial charge in [-0.15, -0.1) is 0 Å². The molecule has 2 amide bonds. The number of carbonyl (C=O) groups is 2. The van der Waals surface area contributed by atoms with Crippen LogP contribution in [0.5, 0.6) is 0 Å². The summed E-state index contributed by atoms with van der Waals surface area (Å²) >= 11 is 0. The first-order valence-corrected chi connectivity index (χ1v) is 6.29. The third-order valence-corrected chi connectivity index (χ3v) is 2.67. The van der Waals surface area contributed by atoms with Crippen molar-refractivity contribution >= 4 is 12.0 Å². The lowest BCUT2D eigenvalue weighted by atomic mass is 10.1. The van der Waals surface area contributed by atoms with Gasteiger partial charge in [0.2, 0.25) is 5.91 Å². The maximum Gasteiger partial charge on any atom is 0.407 e. The molecule has 1 fully saturated rings. The van der Waals surface area contributed by atoms with Crippen LogP contribution in [0.2, 0.25) is 0 Å². The highest BCUT2D eigenvalue weighted by Gasteiger charge is 2.25. The van der Waals surface area contributed by atoms with Gasteiger partial charge in [-0.2, -0.15) is 0 Å². The van der Waals surface area contributed by atoms with Crippen molar-refractivity contribution in [1.29, 1.82) is 0 Å². The molecule has 104 valence electrons. The summed E-state index contributed by atoms with van der Waals surface area (Å²) in [5.74, 6) is -0.0781. The van der Waals surface area contributed by atoms with Crippen LogP contribution >= 0.6 is 0 Å². The number of hydrogen-bond acceptors (Lipinski definition) is 4. The Balaban J connectivity index is 2.43. The van der Waals surface area contributed by atoms with E-state index in [-0.39, 0.29) is 18.5 Å². The molecule has 0 aromatic heterocycles. The zero-order valence-corrected chi connectivity index (χ0v) is 11.4. The Kier molecular flexibility index (Phi) is 4.95. The van der Waals surface area contributed by atoms with Crippen LogP contribution < -0.4 is 11.1 Å². The fraction of sp³-hybridized carbons (Fsp3) is 0.833. The van der Waals surface area contributed by atoms with Crippen LogP contribution in [0.3, 0.4) is 0 Å². The summed E-state index contributed by atoms with van der Waals surface area (Å²) in [5, 5.41) is 2.79. The average molecular weight is 257 g/mol. The molecular weight excluding hydrogens is 234 g/mol. The zero-order valence-electron chi connectivity index (χ0n) is 11.4. The van der Waals surface area contributed by atoms with Crippen molar-refractivity contribution in [2.24, 2.45) is 5.73 Å². The first-order valence-electron chi connectivity index (χ1n) is 6.29. The maximum absolute atomic E-state index is 11.6. The second-order valence-electron chi connectivity index (χ2n) is 5.53. The van der Waals surface area contributed by atoms with Crippen molar-refractivity contribution < 1.29 is 14.3 Å². The second-order valence-corrected chi connectivity index (χ2v) is 5.53. The number of nitrogens with one attached hydrogen (secondary N) is 1. The quantitative estimate of drug-likeness (QED) is 0.752. The van der Waals surface area contributed by atoms with Gasteiger partial charge in [-0.1, -0.05) is 0 Å². The molecule has 1 aliphatic heterocycles. The molecule has 1 atom stereocenters. The van der Waals surface area contributed by atoms with E-state index < -0.39 is 11.7 Å². The first-order chi connectivity index (χ1) is 8.31. The van der Waals surface area contributed by atoms with Crippen LogP contribution in [-0.2, 0) is 9.53 Å². The molecule has 1 unspecified atom stereocenters. The van der Waals surface area contributed by atoms with Crippen molar-refractivity contribution in [1.82, 2.24) is 10.2 Å². The maximum atomic E-state index is 11.6. The van der Waals surface area contributed by atoms with Crippen molar-refractivity contribution in [3.63, 3.8) is 0 Å². The van der Waals surface area contributed by atoms with E-state index in [1.165, 1.54) is 0 Å². The fourth-order valence-corrected chi connectivity index (χ4v) is 1.92. The van der Waals surface area contributed by atoms with E-state index in [9.17, 15) is 9.59 Å². The number of carbonyl (C=O) groups excluding carboxylic acids is 2. The van der Waals surface area contributed by atoms with Crippen molar-refractivity contribution in [2.45, 2.75) is 45.3 Å². The minimum Gasteiger partial charge on any atom is -0.444 e. The summed E-state index contributed by atoms with van der Waals surface area (Å²) in [6.07, 6.45) is 1.29. The van der Waals surface area contributed by atoms with Gasteiger partial charge in [0.1, 0.15) is 5.60 Å². The molecule has 0 bridgehead atoms. The van der Waals surface area contributed by atoms with E-state index in [0.29, 0.717) is 13.1 Å². The monoisotopic (exact) mass is 257 g/mol. The van der Waals surface area contributed by atoms with E-state index in [2.05, 4.69) is 5.32 Å². The fourth-order valence-electron chi connectivity index (χ4n) is 1.92. The predicted octanol–water partition coefficient (Wildman–Crippen LogP) is 0.461. The SMILES string of the molecule is CC(C)(C)OC(=O)NC1CCCN(C(=O)CN)C1. The molecule has 0 aromatic rings. The Morgan fingerprint density at radius 3 is 2.67 bits per heavy atom. The van der Waals surface area contributed by atoms with Gasteiger partial charge >= 0.3 is 6.09 Å². The third kappa shape index (κ3) is 4.91. The van der Waals surface area contributed by atoms with Crippen LogP contribution in [0.15, 0.2) is 0 Å². The van der Waals surface area contributed by atoms with Gasteiger partial charge in [0.05, 0.1) is 6.54 Å². The lowest BCUT2D eigenvalue weighted by Crippen LogP contribution is -2.51. The molecule has 0 aliphatic carbocycles. The van der Waals surface area contributed by atoms with E-state index in [4.69, 9.17) is 10.5 Å². The van der Waals surface area contributed by atoms with E-state index in [0.717, 1.165) is 12.8 Å². The average Bonchev–Trinajstić information content (AvgIpc) is 2.25. The Hall–Kier alpha value is -1.30. The van der Waals surface area contributed by atoms with Crippen LogP contribution in [0.1, 0.15) is 33.6 Å². The minimum atomic E-state index is -0.508. The van der Waals surface area contributed by atoms with Gasteiger partial charge in [0, 0.05) is 19.1 Å². The number of amides is 2. The van der Waals surface area contributed by atoms with E-state index in [1.807, 2.05) is 20.8 Å². The Morgan fingerprint density at radius 2 is 2.11 bits per heavy atom. The number of nitrogens with two attached hydrogens (primary N) is 1. The smallest absolute Gasteiger partial charge is 0.407 e. The first kappa shape index (κ1) is 14.8. The van der Waals surface area contributed by atoms with Gasteiger partial charge in [-0.05, 0) is 33.6 Å². The minimum absolute atomic E-state index is 0.0131. The molecule has 0 radical (unpaired) electrons. The van der Waals surface area contributed by atoms with Crippen LogP contribution in [0.4, 0.5) is 4.79 Å². The highest BCUT2D eigenvalue weighted by atomic mass is 16.6. The van der Waals surface area contributed by atoms with Gasteiger partial charge in [0.25, 0.3) is 0 Å². The highest BCUT2D eigenvalue weighted by Crippen LogP contribution is 2.12. The summed E-state index contributed by atoms with van der Waals surface area (Å²) in [6, 6.07) is -0.0518. The van der Waals surface area contributed by atoms with Crippen molar-refractivity contribution in [3.8, 4) is 0 Å². The number of hydrogen-bond donors (Lipinski definition) is 2. The Morgan fingerprint density at radius 1 is 1.44 bits per heavy atom. The highest BCUT2D eigenvalue weighted by molar-refractivity contribution is 5.78. The molecule has 0 aromatic carbocycles. The zero-order chi connectivity index (χ0) is 13.8. The predicted molar refractivity (Wildman–Crippen MR) is 68.0 cm³/mol. The molecule has 6 heteroatoms. The number of nitrogens with zero attached hydrogens (tertiary/aromatic N) is 1. The van der Waals surface area contributed by atoms with Crippen LogP contribution in [0.25, 0.3) is 0 Å². The summed E-state index contributed by atoms with van der Waals surface area (Å²) in [4.78, 5) is 24.8. The molecule has 1 rings (SSSR count). The molecule has 18 heavy (non-hydrogen) atoms. The number of rotatable bonds is 2. The standard InChI is InChI=1S/C12H23N3O3/c1-12(2,3)18-11(17)14-9-5-4-6-15(8-9)10(16)7-13/h9H,4-8,13H2,1-3H3,(H,14,17). The van der Waals surface area contributed by atoms with Crippen molar-refractivity contribution in [2.75, 3.05) is 19.6 Å². The number of ether oxygens (including phenoxy) is 1. The molecule has 1 saturated heterocycles. The largest absolute Gasteiger partial charge is 0.444 e. The summed E-state index contributed by atoms with van der Waals surface area (Å²) in [7, 11) is 0. The molecule has 1 heterocycles. The second kappa shape index (κ2) is 6.04. The lowest BCUT2D eigenvalue weighted by Gasteiger charge is -2.33. The topological polar surface area (TPSA) is 84.7 Å². The van der Waals surface area contributed by atoms with E-state index >= 15 is 0 Å². The molecule has 1 aliphatic rings. The molecule has 0 spiro atoms. The third-order valence-electron chi connectivity index (χ3n) is 2.67. The van der Waals surface area contributed by atoms with E-state index in [1.54, 1.807) is 4.90 Å². The van der Waals surface area contributed by atoms with Crippen LogP contribution in [-0.4, -0.2) is 48.2 Å². The van der Waals surface area contributed by atoms with Gasteiger partial charge in [-0.3, -0.25) is 4.79 Å². The van der Waals surface area contributed by atoms with Gasteiger partial charge in [0.15, 0.2) is 0 Å². The summed E-state index contributed by atoms with van der Waals surface area (Å²) in [5.41, 5.74) is 4.82. The number of likely N-dealkylation sites (tertiary alicyclic amines) is 1. The molecule has 3 N–H and O–H groups in total. The lowest BCUT2D eigenvalue weighted by molar-refractivity contribution is -0.131. The molecule has 0 saturated carbocycles. The Bertz CT molecular complexity index is 312. The van der Waals surface area contributed by atoms with Gasteiger partial charge in [-0.25, -0.2) is 4.79 Å². The summed E-state index contributed by atoms with van der Waals surface area (Å²) in [6.45, 7) is 6.68. The van der Waals surface area contributed by atoms with Gasteiger partial charge < -0.3 is 20.7 Å². The van der Waals surface area contributed by atoms with Crippen LogP contribution in [0, 0.1) is 0 Å². The molecular formula is C12H23N3O3. The molecule has 6 nitrogen and oxygen atoms in total. The number of alkyl carbamates (subject to hydrolysis) is 1. The normalized spacial score (nSPS) is 20.4.